The molecule has 1 rings (SSSR count). The Labute approximate surface area is 106 Å². The molecule has 1 saturated carbocycles. The van der Waals surface area contributed by atoms with E-state index in [1.54, 1.807) is 7.11 Å². The quantitative estimate of drug-likeness (QED) is 0.566. The number of nitrogens with one attached hydrogen (secondary N) is 1. The van der Waals surface area contributed by atoms with E-state index in [1.807, 2.05) is 0 Å². The summed E-state index contributed by atoms with van der Waals surface area (Å²) in [6.45, 7) is 7.12. The first-order chi connectivity index (χ1) is 8.33. The third kappa shape index (κ3) is 5.84. The van der Waals surface area contributed by atoms with Crippen LogP contribution >= 0.6 is 0 Å². The summed E-state index contributed by atoms with van der Waals surface area (Å²) in [7, 11) is 1.74. The number of rotatable bonds is 11. The first kappa shape index (κ1) is 14.9. The number of hydrogen-bond acceptors (Lipinski definition) is 3. The molecule has 102 valence electrons. The van der Waals surface area contributed by atoms with Crippen LogP contribution in [0.15, 0.2) is 0 Å². The summed E-state index contributed by atoms with van der Waals surface area (Å²) in [4.78, 5) is 0. The number of methoxy groups -OCH3 is 1. The standard InChI is InChI=1S/C14H29NO2/c1-3-9-15-13-14(6-4-7-14)8-12-17-11-5-10-16-2/h15H,3-13H2,1-2H3. The van der Waals surface area contributed by atoms with Crippen LogP contribution < -0.4 is 5.32 Å². The molecule has 1 aliphatic rings. The second-order valence-corrected chi connectivity index (χ2v) is 5.24. The van der Waals surface area contributed by atoms with Gasteiger partial charge in [0.1, 0.15) is 0 Å². The van der Waals surface area contributed by atoms with E-state index >= 15 is 0 Å². The predicted octanol–water partition coefficient (Wildman–Crippen LogP) is 2.60. The summed E-state index contributed by atoms with van der Waals surface area (Å²) < 4.78 is 10.7. The first-order valence-corrected chi connectivity index (χ1v) is 7.10. The largest absolute Gasteiger partial charge is 0.385 e. The van der Waals surface area contributed by atoms with Gasteiger partial charge in [0.25, 0.3) is 0 Å². The Balaban J connectivity index is 2.01. The van der Waals surface area contributed by atoms with Crippen molar-refractivity contribution in [3.8, 4) is 0 Å². The average molecular weight is 243 g/mol. The Morgan fingerprint density at radius 2 is 2.00 bits per heavy atom. The molecule has 0 aromatic carbocycles. The molecule has 0 unspecified atom stereocenters. The fraction of sp³-hybridized carbons (Fsp3) is 1.00. The van der Waals surface area contributed by atoms with E-state index in [9.17, 15) is 0 Å². The molecule has 0 atom stereocenters. The molecule has 0 aromatic heterocycles. The van der Waals surface area contributed by atoms with Gasteiger partial charge in [-0.1, -0.05) is 13.3 Å². The summed E-state index contributed by atoms with van der Waals surface area (Å²) in [6.07, 6.45) is 7.62. The zero-order chi connectivity index (χ0) is 12.4. The number of hydrogen-bond donors (Lipinski definition) is 1. The van der Waals surface area contributed by atoms with E-state index in [2.05, 4.69) is 12.2 Å². The maximum atomic E-state index is 5.67. The van der Waals surface area contributed by atoms with Gasteiger partial charge in [-0.3, -0.25) is 0 Å². The first-order valence-electron chi connectivity index (χ1n) is 7.10. The molecule has 0 radical (unpaired) electrons. The predicted molar refractivity (Wildman–Crippen MR) is 71.4 cm³/mol. The Morgan fingerprint density at radius 3 is 2.59 bits per heavy atom. The van der Waals surface area contributed by atoms with Gasteiger partial charge >= 0.3 is 0 Å². The lowest BCUT2D eigenvalue weighted by Crippen LogP contribution is -2.41. The van der Waals surface area contributed by atoms with Crippen LogP contribution in [0.3, 0.4) is 0 Å². The van der Waals surface area contributed by atoms with Gasteiger partial charge < -0.3 is 14.8 Å². The number of ether oxygens (including phenoxy) is 2. The van der Waals surface area contributed by atoms with Crippen molar-refractivity contribution >= 4 is 0 Å². The van der Waals surface area contributed by atoms with Crippen LogP contribution in [0, 0.1) is 5.41 Å². The molecule has 0 bridgehead atoms. The van der Waals surface area contributed by atoms with Crippen LogP contribution in [0.5, 0.6) is 0 Å². The maximum absolute atomic E-state index is 5.67. The van der Waals surface area contributed by atoms with E-state index in [0.717, 1.165) is 32.8 Å². The smallest absolute Gasteiger partial charge is 0.0487 e. The molecule has 0 heterocycles. The average Bonchev–Trinajstić information content (AvgIpc) is 2.29. The summed E-state index contributed by atoms with van der Waals surface area (Å²) in [6, 6.07) is 0. The van der Waals surface area contributed by atoms with Crippen molar-refractivity contribution < 1.29 is 9.47 Å². The molecular formula is C14H29NO2. The highest BCUT2D eigenvalue weighted by molar-refractivity contribution is 4.89. The Morgan fingerprint density at radius 1 is 1.18 bits per heavy atom. The third-order valence-electron chi connectivity index (χ3n) is 3.75. The van der Waals surface area contributed by atoms with Crippen LogP contribution in [0.1, 0.15) is 45.4 Å². The maximum Gasteiger partial charge on any atom is 0.0487 e. The van der Waals surface area contributed by atoms with Crippen LogP contribution in [0.2, 0.25) is 0 Å². The summed E-state index contributed by atoms with van der Waals surface area (Å²) in [5.41, 5.74) is 0.552. The molecule has 0 saturated heterocycles. The van der Waals surface area contributed by atoms with Gasteiger partial charge in [-0.15, -0.1) is 0 Å². The van der Waals surface area contributed by atoms with Gasteiger partial charge in [0, 0.05) is 33.5 Å². The Bertz CT molecular complexity index is 181. The molecule has 1 fully saturated rings. The summed E-state index contributed by atoms with van der Waals surface area (Å²) in [5, 5.41) is 3.56. The fourth-order valence-electron chi connectivity index (χ4n) is 2.42. The van der Waals surface area contributed by atoms with Gasteiger partial charge in [-0.05, 0) is 44.1 Å². The zero-order valence-corrected chi connectivity index (χ0v) is 11.6. The highest BCUT2D eigenvalue weighted by atomic mass is 16.5. The van der Waals surface area contributed by atoms with Crippen LogP contribution in [-0.4, -0.2) is 40.0 Å². The van der Waals surface area contributed by atoms with Gasteiger partial charge in [0.05, 0.1) is 0 Å². The molecule has 0 spiro atoms. The van der Waals surface area contributed by atoms with Crippen LogP contribution in [-0.2, 0) is 9.47 Å². The van der Waals surface area contributed by atoms with E-state index < -0.39 is 0 Å². The molecule has 0 aliphatic heterocycles. The van der Waals surface area contributed by atoms with Gasteiger partial charge in [-0.2, -0.15) is 0 Å². The minimum atomic E-state index is 0.552. The van der Waals surface area contributed by atoms with Crippen LogP contribution in [0.25, 0.3) is 0 Å². The zero-order valence-electron chi connectivity index (χ0n) is 11.6. The summed E-state index contributed by atoms with van der Waals surface area (Å²) >= 11 is 0. The van der Waals surface area contributed by atoms with Crippen molar-refractivity contribution in [1.29, 1.82) is 0 Å². The van der Waals surface area contributed by atoms with Crippen LogP contribution in [0.4, 0.5) is 0 Å². The monoisotopic (exact) mass is 243 g/mol. The van der Waals surface area contributed by atoms with Crippen molar-refractivity contribution in [3.05, 3.63) is 0 Å². The second kappa shape index (κ2) is 8.90. The lowest BCUT2D eigenvalue weighted by molar-refractivity contribution is 0.0423. The van der Waals surface area contributed by atoms with Crippen molar-refractivity contribution in [2.75, 3.05) is 40.0 Å². The molecule has 3 nitrogen and oxygen atoms in total. The van der Waals surface area contributed by atoms with Gasteiger partial charge in [0.2, 0.25) is 0 Å². The highest BCUT2D eigenvalue weighted by Gasteiger charge is 2.35. The summed E-state index contributed by atoms with van der Waals surface area (Å²) in [5.74, 6) is 0. The Hall–Kier alpha value is -0.120. The van der Waals surface area contributed by atoms with Crippen molar-refractivity contribution in [2.24, 2.45) is 5.41 Å². The Kier molecular flexibility index (Phi) is 7.82. The van der Waals surface area contributed by atoms with Crippen molar-refractivity contribution in [2.45, 2.75) is 45.4 Å². The molecule has 3 heteroatoms. The normalized spacial score (nSPS) is 18.0. The molecule has 1 aliphatic carbocycles. The lowest BCUT2D eigenvalue weighted by Gasteiger charge is -2.42. The van der Waals surface area contributed by atoms with E-state index in [4.69, 9.17) is 9.47 Å². The molecule has 0 amide bonds. The minimum absolute atomic E-state index is 0.552. The highest BCUT2D eigenvalue weighted by Crippen LogP contribution is 2.43. The molecule has 17 heavy (non-hydrogen) atoms. The second-order valence-electron chi connectivity index (χ2n) is 5.24. The minimum Gasteiger partial charge on any atom is -0.385 e. The molecule has 1 N–H and O–H groups in total. The third-order valence-corrected chi connectivity index (χ3v) is 3.75. The lowest BCUT2D eigenvalue weighted by atomic mass is 9.67. The van der Waals surface area contributed by atoms with E-state index in [1.165, 1.54) is 38.6 Å². The van der Waals surface area contributed by atoms with Crippen molar-refractivity contribution in [3.63, 3.8) is 0 Å². The van der Waals surface area contributed by atoms with E-state index in [-0.39, 0.29) is 0 Å². The van der Waals surface area contributed by atoms with Gasteiger partial charge in [-0.25, -0.2) is 0 Å². The topological polar surface area (TPSA) is 30.5 Å². The van der Waals surface area contributed by atoms with E-state index in [0.29, 0.717) is 5.41 Å². The molecule has 0 aromatic rings. The molecular weight excluding hydrogens is 214 g/mol. The van der Waals surface area contributed by atoms with Crippen molar-refractivity contribution in [1.82, 2.24) is 5.32 Å². The van der Waals surface area contributed by atoms with Gasteiger partial charge in [0.15, 0.2) is 0 Å². The SMILES string of the molecule is CCCNCC1(CCOCCCOC)CCC1. The fourth-order valence-corrected chi connectivity index (χ4v) is 2.42.